The van der Waals surface area contributed by atoms with E-state index in [1.165, 1.54) is 0 Å². The minimum Gasteiger partial charge on any atom is -0.481 e. The SMILES string of the molecule is C=CCNCc1ccc(CC(=O)O)cc1. The van der Waals surface area contributed by atoms with Gasteiger partial charge >= 0.3 is 5.97 Å². The lowest BCUT2D eigenvalue weighted by molar-refractivity contribution is -0.136. The Bertz CT molecular complexity index is 330. The molecule has 3 heteroatoms. The molecule has 0 bridgehead atoms. The van der Waals surface area contributed by atoms with Crippen LogP contribution in [-0.2, 0) is 17.8 Å². The van der Waals surface area contributed by atoms with Gasteiger partial charge in [-0.25, -0.2) is 0 Å². The molecule has 1 aromatic carbocycles. The maximum atomic E-state index is 10.4. The van der Waals surface area contributed by atoms with Gasteiger partial charge in [0.05, 0.1) is 6.42 Å². The Morgan fingerprint density at radius 1 is 1.33 bits per heavy atom. The quantitative estimate of drug-likeness (QED) is 0.547. The van der Waals surface area contributed by atoms with Gasteiger partial charge in [-0.2, -0.15) is 0 Å². The van der Waals surface area contributed by atoms with Crippen LogP contribution in [0.4, 0.5) is 0 Å². The molecular formula is C12H15NO2. The van der Waals surface area contributed by atoms with Crippen LogP contribution in [-0.4, -0.2) is 17.6 Å². The maximum Gasteiger partial charge on any atom is 0.307 e. The zero-order chi connectivity index (χ0) is 11.1. The number of carbonyl (C=O) groups is 1. The number of nitrogens with one attached hydrogen (secondary N) is 1. The first-order chi connectivity index (χ1) is 7.22. The van der Waals surface area contributed by atoms with Gasteiger partial charge in [-0.3, -0.25) is 4.79 Å². The van der Waals surface area contributed by atoms with Crippen LogP contribution in [0, 0.1) is 0 Å². The van der Waals surface area contributed by atoms with Gasteiger partial charge in [0.1, 0.15) is 0 Å². The molecular weight excluding hydrogens is 190 g/mol. The Hall–Kier alpha value is -1.61. The van der Waals surface area contributed by atoms with Crippen molar-refractivity contribution in [2.24, 2.45) is 0 Å². The summed E-state index contributed by atoms with van der Waals surface area (Å²) >= 11 is 0. The van der Waals surface area contributed by atoms with Crippen molar-refractivity contribution in [3.63, 3.8) is 0 Å². The Kier molecular flexibility index (Phi) is 4.57. The highest BCUT2D eigenvalue weighted by atomic mass is 16.4. The van der Waals surface area contributed by atoms with Crippen molar-refractivity contribution in [1.82, 2.24) is 5.32 Å². The van der Waals surface area contributed by atoms with Crippen molar-refractivity contribution in [3.05, 3.63) is 48.0 Å². The molecule has 0 heterocycles. The van der Waals surface area contributed by atoms with E-state index in [0.29, 0.717) is 0 Å². The Balaban J connectivity index is 2.48. The molecule has 1 rings (SSSR count). The molecule has 0 aromatic heterocycles. The lowest BCUT2D eigenvalue weighted by atomic mass is 10.1. The zero-order valence-electron chi connectivity index (χ0n) is 8.57. The highest BCUT2D eigenvalue weighted by molar-refractivity contribution is 5.70. The third-order valence-corrected chi connectivity index (χ3v) is 2.00. The van der Waals surface area contributed by atoms with Gasteiger partial charge in [0, 0.05) is 13.1 Å². The molecule has 80 valence electrons. The van der Waals surface area contributed by atoms with E-state index in [9.17, 15) is 4.79 Å². The van der Waals surface area contributed by atoms with Crippen molar-refractivity contribution in [1.29, 1.82) is 0 Å². The van der Waals surface area contributed by atoms with Gasteiger partial charge in [0.15, 0.2) is 0 Å². The second kappa shape index (κ2) is 5.98. The van der Waals surface area contributed by atoms with E-state index >= 15 is 0 Å². The minimum absolute atomic E-state index is 0.0837. The lowest BCUT2D eigenvalue weighted by Crippen LogP contribution is -2.12. The molecule has 0 atom stereocenters. The fraction of sp³-hybridized carbons (Fsp3) is 0.250. The number of hydrogen-bond donors (Lipinski definition) is 2. The Morgan fingerprint density at radius 2 is 1.93 bits per heavy atom. The monoisotopic (exact) mass is 205 g/mol. The van der Waals surface area contributed by atoms with Gasteiger partial charge < -0.3 is 10.4 Å². The molecule has 0 spiro atoms. The van der Waals surface area contributed by atoms with E-state index < -0.39 is 5.97 Å². The van der Waals surface area contributed by atoms with Crippen LogP contribution in [0.3, 0.4) is 0 Å². The van der Waals surface area contributed by atoms with Gasteiger partial charge in [0.25, 0.3) is 0 Å². The van der Waals surface area contributed by atoms with Gasteiger partial charge in [-0.05, 0) is 11.1 Å². The summed E-state index contributed by atoms with van der Waals surface area (Å²) in [6.07, 6.45) is 1.89. The highest BCUT2D eigenvalue weighted by Gasteiger charge is 1.99. The number of benzene rings is 1. The lowest BCUT2D eigenvalue weighted by Gasteiger charge is -2.03. The van der Waals surface area contributed by atoms with Gasteiger partial charge in [0.2, 0.25) is 0 Å². The second-order valence-corrected chi connectivity index (χ2v) is 3.31. The molecule has 0 amide bonds. The van der Waals surface area contributed by atoms with E-state index in [4.69, 9.17) is 5.11 Å². The molecule has 0 fully saturated rings. The van der Waals surface area contributed by atoms with E-state index in [2.05, 4.69) is 11.9 Å². The Morgan fingerprint density at radius 3 is 2.47 bits per heavy atom. The predicted octanol–water partition coefficient (Wildman–Crippen LogP) is 1.59. The average molecular weight is 205 g/mol. The number of rotatable bonds is 6. The summed E-state index contributed by atoms with van der Waals surface area (Å²) in [5.74, 6) is -0.799. The molecule has 3 nitrogen and oxygen atoms in total. The average Bonchev–Trinajstić information content (AvgIpc) is 2.20. The fourth-order valence-corrected chi connectivity index (χ4v) is 1.27. The minimum atomic E-state index is -0.799. The standard InChI is InChI=1S/C12H15NO2/c1-2-7-13-9-11-5-3-10(4-6-11)8-12(14)15/h2-6,13H,1,7-9H2,(H,14,15). The topological polar surface area (TPSA) is 49.3 Å². The summed E-state index contributed by atoms with van der Waals surface area (Å²) < 4.78 is 0. The molecule has 0 saturated heterocycles. The molecule has 0 aliphatic carbocycles. The molecule has 15 heavy (non-hydrogen) atoms. The first-order valence-corrected chi connectivity index (χ1v) is 4.83. The van der Waals surface area contributed by atoms with Crippen molar-refractivity contribution < 1.29 is 9.90 Å². The number of aliphatic carboxylic acids is 1. The van der Waals surface area contributed by atoms with E-state index in [0.717, 1.165) is 24.2 Å². The summed E-state index contributed by atoms with van der Waals surface area (Å²) in [4.78, 5) is 10.4. The molecule has 0 aliphatic rings. The normalized spacial score (nSPS) is 9.87. The van der Waals surface area contributed by atoms with Crippen LogP contribution in [0.5, 0.6) is 0 Å². The van der Waals surface area contributed by atoms with Crippen LogP contribution in [0.25, 0.3) is 0 Å². The van der Waals surface area contributed by atoms with Crippen LogP contribution >= 0.6 is 0 Å². The molecule has 0 unspecified atom stereocenters. The van der Waals surface area contributed by atoms with Crippen LogP contribution in [0.15, 0.2) is 36.9 Å². The molecule has 2 N–H and O–H groups in total. The van der Waals surface area contributed by atoms with Gasteiger partial charge in [-0.1, -0.05) is 30.3 Å². The first-order valence-electron chi connectivity index (χ1n) is 4.83. The van der Waals surface area contributed by atoms with E-state index in [1.807, 2.05) is 24.3 Å². The summed E-state index contributed by atoms with van der Waals surface area (Å²) in [6, 6.07) is 7.57. The van der Waals surface area contributed by atoms with Crippen molar-refractivity contribution >= 4 is 5.97 Å². The van der Waals surface area contributed by atoms with Crippen LogP contribution in [0.1, 0.15) is 11.1 Å². The highest BCUT2D eigenvalue weighted by Crippen LogP contribution is 2.04. The van der Waals surface area contributed by atoms with Gasteiger partial charge in [-0.15, -0.1) is 6.58 Å². The largest absolute Gasteiger partial charge is 0.481 e. The first kappa shape index (κ1) is 11.5. The summed E-state index contributed by atoms with van der Waals surface area (Å²) in [5.41, 5.74) is 1.97. The third-order valence-electron chi connectivity index (χ3n) is 2.00. The second-order valence-electron chi connectivity index (χ2n) is 3.31. The molecule has 1 aromatic rings. The fourth-order valence-electron chi connectivity index (χ4n) is 1.27. The van der Waals surface area contributed by atoms with Crippen molar-refractivity contribution in [2.45, 2.75) is 13.0 Å². The smallest absolute Gasteiger partial charge is 0.307 e. The molecule has 0 saturated carbocycles. The predicted molar refractivity (Wildman–Crippen MR) is 59.7 cm³/mol. The van der Waals surface area contributed by atoms with Crippen LogP contribution in [0.2, 0.25) is 0 Å². The third kappa shape index (κ3) is 4.42. The summed E-state index contributed by atoms with van der Waals surface area (Å²) in [6.45, 7) is 5.16. The number of carboxylic acid groups (broad SMARTS) is 1. The zero-order valence-corrected chi connectivity index (χ0v) is 8.57. The molecule has 0 aliphatic heterocycles. The maximum absolute atomic E-state index is 10.4. The number of hydrogen-bond acceptors (Lipinski definition) is 2. The van der Waals surface area contributed by atoms with E-state index in [-0.39, 0.29) is 6.42 Å². The van der Waals surface area contributed by atoms with E-state index in [1.54, 1.807) is 6.08 Å². The number of carboxylic acids is 1. The summed E-state index contributed by atoms with van der Waals surface area (Å²) in [5, 5.41) is 11.8. The molecule has 0 radical (unpaired) electrons. The summed E-state index contributed by atoms with van der Waals surface area (Å²) in [7, 11) is 0. The Labute approximate surface area is 89.4 Å². The van der Waals surface area contributed by atoms with Crippen molar-refractivity contribution in [3.8, 4) is 0 Å². The van der Waals surface area contributed by atoms with Crippen LogP contribution < -0.4 is 5.32 Å². The van der Waals surface area contributed by atoms with Crippen molar-refractivity contribution in [2.75, 3.05) is 6.54 Å².